The molecule has 0 aliphatic heterocycles. The number of hydrogen-bond acceptors (Lipinski definition) is 4. The van der Waals surface area contributed by atoms with Crippen molar-refractivity contribution in [1.82, 2.24) is 0 Å². The molecule has 3 nitrogen and oxygen atoms in total. The number of carbonyl (C=O) groups is 1. The van der Waals surface area contributed by atoms with Crippen LogP contribution in [0.4, 0.5) is 0 Å². The van der Waals surface area contributed by atoms with E-state index < -0.39 is 0 Å². The van der Waals surface area contributed by atoms with Crippen LogP contribution in [0.1, 0.15) is 37.8 Å². The number of nitrogens with zero attached hydrogens (tertiary/aromatic N) is 1. The molecule has 0 heterocycles. The zero-order valence-electron chi connectivity index (χ0n) is 11.4. The zero-order valence-corrected chi connectivity index (χ0v) is 12.2. The first-order valence-electron chi connectivity index (χ1n) is 6.49. The van der Waals surface area contributed by atoms with E-state index in [4.69, 9.17) is 10.00 Å². The van der Waals surface area contributed by atoms with Gasteiger partial charge in [0.2, 0.25) is 0 Å². The molecule has 0 N–H and O–H groups in total. The van der Waals surface area contributed by atoms with Gasteiger partial charge in [-0.05, 0) is 24.5 Å². The Balaban J connectivity index is 2.58. The van der Waals surface area contributed by atoms with E-state index in [0.29, 0.717) is 17.9 Å². The third kappa shape index (κ3) is 4.96. The molecular weight excluding hydrogens is 258 g/mol. The third-order valence-corrected chi connectivity index (χ3v) is 4.07. The standard InChI is InChI=1S/C15H19NO2S/c1-3-9-18-15(17)14(4-2)19-11-13-8-6-5-7-12(13)10-16/h5-8,14H,3-4,9,11H2,1-2H3. The number of nitriles is 1. The van der Waals surface area contributed by atoms with Crippen molar-refractivity contribution >= 4 is 17.7 Å². The predicted molar refractivity (Wildman–Crippen MR) is 77.8 cm³/mol. The van der Waals surface area contributed by atoms with Gasteiger partial charge in [-0.3, -0.25) is 4.79 Å². The Morgan fingerprint density at radius 2 is 2.16 bits per heavy atom. The average molecular weight is 277 g/mol. The number of benzene rings is 1. The second-order valence-corrected chi connectivity index (χ2v) is 5.34. The number of ether oxygens (including phenoxy) is 1. The highest BCUT2D eigenvalue weighted by molar-refractivity contribution is 7.99. The highest BCUT2D eigenvalue weighted by atomic mass is 32.2. The van der Waals surface area contributed by atoms with Gasteiger partial charge in [0.15, 0.2) is 0 Å². The van der Waals surface area contributed by atoms with Crippen molar-refractivity contribution in [3.05, 3.63) is 35.4 Å². The summed E-state index contributed by atoms with van der Waals surface area (Å²) in [4.78, 5) is 11.8. The molecule has 0 saturated heterocycles. The molecule has 1 atom stereocenters. The number of carbonyl (C=O) groups excluding carboxylic acids is 1. The largest absolute Gasteiger partial charge is 0.465 e. The van der Waals surface area contributed by atoms with Gasteiger partial charge in [-0.1, -0.05) is 32.0 Å². The fraction of sp³-hybridized carbons (Fsp3) is 0.467. The van der Waals surface area contributed by atoms with E-state index in [1.54, 1.807) is 6.07 Å². The highest BCUT2D eigenvalue weighted by Gasteiger charge is 2.18. The molecule has 102 valence electrons. The molecule has 0 radical (unpaired) electrons. The van der Waals surface area contributed by atoms with Crippen molar-refractivity contribution in [2.75, 3.05) is 6.61 Å². The Bertz CT molecular complexity index is 454. The van der Waals surface area contributed by atoms with Crippen molar-refractivity contribution < 1.29 is 9.53 Å². The van der Waals surface area contributed by atoms with E-state index in [1.165, 1.54) is 11.8 Å². The Morgan fingerprint density at radius 3 is 2.79 bits per heavy atom. The molecule has 1 aromatic carbocycles. The van der Waals surface area contributed by atoms with Crippen LogP contribution in [0.25, 0.3) is 0 Å². The molecule has 0 bridgehead atoms. The van der Waals surface area contributed by atoms with Crippen LogP contribution in [0.15, 0.2) is 24.3 Å². The summed E-state index contributed by atoms with van der Waals surface area (Å²) in [6, 6.07) is 9.65. The average Bonchev–Trinajstić information content (AvgIpc) is 2.46. The highest BCUT2D eigenvalue weighted by Crippen LogP contribution is 2.23. The van der Waals surface area contributed by atoms with Crippen LogP contribution in [0.5, 0.6) is 0 Å². The number of thioether (sulfide) groups is 1. The fourth-order valence-corrected chi connectivity index (χ4v) is 2.67. The summed E-state index contributed by atoms with van der Waals surface area (Å²) in [6.45, 7) is 4.43. The monoisotopic (exact) mass is 277 g/mol. The SMILES string of the molecule is CCCOC(=O)C(CC)SCc1ccccc1C#N. The molecule has 19 heavy (non-hydrogen) atoms. The summed E-state index contributed by atoms with van der Waals surface area (Å²) < 4.78 is 5.16. The first kappa shape index (κ1) is 15.6. The van der Waals surface area contributed by atoms with Gasteiger partial charge in [-0.2, -0.15) is 5.26 Å². The number of hydrogen-bond donors (Lipinski definition) is 0. The van der Waals surface area contributed by atoms with E-state index in [9.17, 15) is 4.79 Å². The first-order chi connectivity index (χ1) is 9.22. The van der Waals surface area contributed by atoms with Gasteiger partial charge >= 0.3 is 5.97 Å². The Hall–Kier alpha value is -1.47. The van der Waals surface area contributed by atoms with Crippen LogP contribution in [0, 0.1) is 11.3 Å². The second kappa shape index (κ2) is 8.60. The summed E-state index contributed by atoms with van der Waals surface area (Å²) >= 11 is 1.54. The molecule has 4 heteroatoms. The maximum atomic E-state index is 11.8. The minimum Gasteiger partial charge on any atom is -0.465 e. The topological polar surface area (TPSA) is 50.1 Å². The van der Waals surface area contributed by atoms with E-state index in [-0.39, 0.29) is 11.2 Å². The maximum Gasteiger partial charge on any atom is 0.319 e. The Labute approximate surface area is 119 Å². The van der Waals surface area contributed by atoms with E-state index in [0.717, 1.165) is 18.4 Å². The van der Waals surface area contributed by atoms with Crippen LogP contribution < -0.4 is 0 Å². The van der Waals surface area contributed by atoms with Gasteiger partial charge in [0.1, 0.15) is 5.25 Å². The predicted octanol–water partition coefficient (Wildman–Crippen LogP) is 3.52. The molecule has 1 unspecified atom stereocenters. The first-order valence-corrected chi connectivity index (χ1v) is 7.54. The second-order valence-electron chi connectivity index (χ2n) is 4.14. The smallest absolute Gasteiger partial charge is 0.319 e. The molecule has 1 rings (SSSR count). The van der Waals surface area contributed by atoms with Crippen molar-refractivity contribution in [3.63, 3.8) is 0 Å². The lowest BCUT2D eigenvalue weighted by Gasteiger charge is -2.14. The van der Waals surface area contributed by atoms with Crippen molar-refractivity contribution in [3.8, 4) is 6.07 Å². The Morgan fingerprint density at radius 1 is 1.42 bits per heavy atom. The lowest BCUT2D eigenvalue weighted by molar-refractivity contribution is -0.143. The van der Waals surface area contributed by atoms with Gasteiger partial charge < -0.3 is 4.74 Å². The summed E-state index contributed by atoms with van der Waals surface area (Å²) in [5.41, 5.74) is 1.64. The molecular formula is C15H19NO2S. The summed E-state index contributed by atoms with van der Waals surface area (Å²) in [5, 5.41) is 8.86. The minimum atomic E-state index is -0.154. The van der Waals surface area contributed by atoms with Gasteiger partial charge in [-0.25, -0.2) is 0 Å². The van der Waals surface area contributed by atoms with Crippen LogP contribution in [0.2, 0.25) is 0 Å². The van der Waals surface area contributed by atoms with Crippen molar-refractivity contribution in [2.45, 2.75) is 37.7 Å². The summed E-state index contributed by atoms with van der Waals surface area (Å²) in [6.07, 6.45) is 1.58. The zero-order chi connectivity index (χ0) is 14.1. The lowest BCUT2D eigenvalue weighted by Crippen LogP contribution is -2.20. The fourth-order valence-electron chi connectivity index (χ4n) is 1.59. The van der Waals surface area contributed by atoms with Crippen LogP contribution in [-0.4, -0.2) is 17.8 Å². The van der Waals surface area contributed by atoms with Gasteiger partial charge in [0.25, 0.3) is 0 Å². The lowest BCUT2D eigenvalue weighted by atomic mass is 10.1. The number of rotatable bonds is 7. The van der Waals surface area contributed by atoms with Gasteiger partial charge in [0, 0.05) is 5.75 Å². The molecule has 0 aromatic heterocycles. The van der Waals surface area contributed by atoms with E-state index in [2.05, 4.69) is 6.07 Å². The summed E-state index contributed by atoms with van der Waals surface area (Å²) in [7, 11) is 0. The van der Waals surface area contributed by atoms with E-state index >= 15 is 0 Å². The molecule has 0 aliphatic carbocycles. The van der Waals surface area contributed by atoms with Crippen molar-refractivity contribution in [1.29, 1.82) is 5.26 Å². The molecule has 0 fully saturated rings. The molecule has 1 aromatic rings. The van der Waals surface area contributed by atoms with Gasteiger partial charge in [-0.15, -0.1) is 11.8 Å². The van der Waals surface area contributed by atoms with Crippen LogP contribution >= 0.6 is 11.8 Å². The molecule has 0 spiro atoms. The van der Waals surface area contributed by atoms with E-state index in [1.807, 2.05) is 32.0 Å². The molecule has 0 saturated carbocycles. The van der Waals surface area contributed by atoms with Crippen LogP contribution in [0.3, 0.4) is 0 Å². The van der Waals surface area contributed by atoms with Crippen LogP contribution in [-0.2, 0) is 15.3 Å². The minimum absolute atomic E-state index is 0.149. The summed E-state index contributed by atoms with van der Waals surface area (Å²) in [5.74, 6) is 0.507. The Kier molecular flexibility index (Phi) is 7.06. The quantitative estimate of drug-likeness (QED) is 0.715. The third-order valence-electron chi connectivity index (χ3n) is 2.66. The van der Waals surface area contributed by atoms with Crippen molar-refractivity contribution in [2.24, 2.45) is 0 Å². The number of esters is 1. The maximum absolute atomic E-state index is 11.8. The molecule has 0 amide bonds. The normalized spacial score (nSPS) is 11.6. The molecule has 0 aliphatic rings. The van der Waals surface area contributed by atoms with Gasteiger partial charge in [0.05, 0.1) is 18.2 Å².